The van der Waals surface area contributed by atoms with Crippen LogP contribution in [0.2, 0.25) is 0 Å². The van der Waals surface area contributed by atoms with Gasteiger partial charge in [0.15, 0.2) is 5.82 Å². The zero-order valence-electron chi connectivity index (χ0n) is 18.2. The number of nitrogens with one attached hydrogen (secondary N) is 1. The van der Waals surface area contributed by atoms with Crippen LogP contribution in [0.4, 0.5) is 0 Å². The molecule has 1 saturated heterocycles. The molecule has 3 rings (SSSR count). The van der Waals surface area contributed by atoms with E-state index in [1.165, 1.54) is 0 Å². The third-order valence-electron chi connectivity index (χ3n) is 5.30. The van der Waals surface area contributed by atoms with Gasteiger partial charge in [0.1, 0.15) is 18.1 Å². The Kier molecular flexibility index (Phi) is 8.13. The predicted octanol–water partition coefficient (Wildman–Crippen LogP) is 2.13. The van der Waals surface area contributed by atoms with Crippen molar-refractivity contribution in [1.29, 1.82) is 0 Å². The first-order valence-corrected chi connectivity index (χ1v) is 10.8. The molecule has 2 aromatic rings. The molecule has 9 heteroatoms. The number of amides is 1. The van der Waals surface area contributed by atoms with Crippen molar-refractivity contribution < 1.29 is 19.1 Å². The number of likely N-dealkylation sites (tertiary alicyclic amines) is 1. The van der Waals surface area contributed by atoms with Crippen molar-refractivity contribution in [2.75, 3.05) is 26.3 Å². The lowest BCUT2D eigenvalue weighted by atomic mass is 9.96. The highest BCUT2D eigenvalue weighted by Crippen LogP contribution is 2.20. The summed E-state index contributed by atoms with van der Waals surface area (Å²) in [6.45, 7) is 7.18. The number of aryl methyl sites for hydroxylation is 1. The summed E-state index contributed by atoms with van der Waals surface area (Å²) in [5, 5.41) is 8.13. The lowest BCUT2D eigenvalue weighted by Crippen LogP contribution is -2.40. The number of aromatic amines is 1. The van der Waals surface area contributed by atoms with Gasteiger partial charge in [-0.2, -0.15) is 0 Å². The lowest BCUT2D eigenvalue weighted by molar-refractivity contribution is -0.151. The van der Waals surface area contributed by atoms with E-state index in [1.54, 1.807) is 42.2 Å². The molecular weight excluding hydrogens is 412 g/mol. The molecule has 1 amide bonds. The summed E-state index contributed by atoms with van der Waals surface area (Å²) < 4.78 is 10.5. The van der Waals surface area contributed by atoms with Crippen LogP contribution in [0.25, 0.3) is 11.4 Å². The summed E-state index contributed by atoms with van der Waals surface area (Å²) in [4.78, 5) is 41.2. The number of piperidine rings is 1. The molecular formula is C23H28N4O5. The van der Waals surface area contributed by atoms with Crippen LogP contribution in [-0.2, 0) is 20.7 Å². The first-order chi connectivity index (χ1) is 15.5. The maximum atomic E-state index is 12.5. The van der Waals surface area contributed by atoms with E-state index < -0.39 is 0 Å². The Balaban J connectivity index is 1.53. The van der Waals surface area contributed by atoms with Crippen LogP contribution in [0.15, 0.2) is 41.7 Å². The average Bonchev–Trinajstić information content (AvgIpc) is 2.82. The second-order valence-corrected chi connectivity index (χ2v) is 7.48. The predicted molar refractivity (Wildman–Crippen MR) is 118 cm³/mol. The highest BCUT2D eigenvalue weighted by atomic mass is 16.5. The topological polar surface area (TPSA) is 114 Å². The molecule has 0 spiro atoms. The summed E-state index contributed by atoms with van der Waals surface area (Å²) in [5.74, 6) is 0.628. The Morgan fingerprint density at radius 3 is 2.56 bits per heavy atom. The van der Waals surface area contributed by atoms with Crippen LogP contribution in [0, 0.1) is 5.92 Å². The molecule has 1 aliphatic rings. The van der Waals surface area contributed by atoms with Crippen molar-refractivity contribution in [3.05, 3.63) is 53.0 Å². The Hall–Kier alpha value is -3.49. The maximum Gasteiger partial charge on any atom is 0.309 e. The van der Waals surface area contributed by atoms with E-state index in [9.17, 15) is 14.4 Å². The molecule has 0 saturated carbocycles. The quantitative estimate of drug-likeness (QED) is 0.469. The number of nitrogens with zero attached hydrogens (tertiary/aromatic N) is 3. The minimum Gasteiger partial charge on any atom is -0.490 e. The highest BCUT2D eigenvalue weighted by Gasteiger charge is 2.28. The number of H-pyrrole nitrogens is 1. The molecule has 0 atom stereocenters. The second-order valence-electron chi connectivity index (χ2n) is 7.48. The van der Waals surface area contributed by atoms with Crippen LogP contribution in [0.3, 0.4) is 0 Å². The van der Waals surface area contributed by atoms with Crippen molar-refractivity contribution in [1.82, 2.24) is 20.1 Å². The second kappa shape index (κ2) is 11.2. The smallest absolute Gasteiger partial charge is 0.309 e. The summed E-state index contributed by atoms with van der Waals surface area (Å²) >= 11 is 0. The molecule has 170 valence electrons. The molecule has 9 nitrogen and oxygen atoms in total. The first-order valence-electron chi connectivity index (χ1n) is 10.8. The van der Waals surface area contributed by atoms with Crippen molar-refractivity contribution >= 4 is 11.9 Å². The molecule has 0 unspecified atom stereocenters. The van der Waals surface area contributed by atoms with Gasteiger partial charge < -0.3 is 19.4 Å². The monoisotopic (exact) mass is 440 g/mol. The molecule has 1 aromatic heterocycles. The first kappa shape index (κ1) is 23.2. The van der Waals surface area contributed by atoms with Crippen LogP contribution in [0.5, 0.6) is 5.75 Å². The number of carbonyl (C=O) groups excluding carboxylic acids is 2. The van der Waals surface area contributed by atoms with Gasteiger partial charge in [0.05, 0.1) is 12.5 Å². The number of hydrogen-bond donors (Lipinski definition) is 1. The fraction of sp³-hybridized carbons (Fsp3) is 0.435. The van der Waals surface area contributed by atoms with Crippen LogP contribution in [0.1, 0.15) is 31.9 Å². The minimum absolute atomic E-state index is 0.0623. The Morgan fingerprint density at radius 1 is 1.22 bits per heavy atom. The van der Waals surface area contributed by atoms with E-state index in [-0.39, 0.29) is 41.9 Å². The van der Waals surface area contributed by atoms with Gasteiger partial charge in [0.2, 0.25) is 5.91 Å². The summed E-state index contributed by atoms with van der Waals surface area (Å²) in [7, 11) is 0. The fourth-order valence-corrected chi connectivity index (χ4v) is 3.53. The van der Waals surface area contributed by atoms with Gasteiger partial charge in [-0.1, -0.05) is 12.7 Å². The third-order valence-corrected chi connectivity index (χ3v) is 5.30. The van der Waals surface area contributed by atoms with E-state index in [4.69, 9.17) is 9.47 Å². The molecule has 0 bridgehead atoms. The van der Waals surface area contributed by atoms with Crippen molar-refractivity contribution in [2.45, 2.75) is 32.6 Å². The SMILES string of the molecule is C=CCOc1ccc(-c2nnc(CCC(=O)N3CCC(C(=O)OCC)CC3)c(=O)[nH]2)cc1. The Labute approximate surface area is 186 Å². The number of hydrogen-bond acceptors (Lipinski definition) is 7. The van der Waals surface area contributed by atoms with Crippen molar-refractivity contribution in [3.8, 4) is 17.1 Å². The van der Waals surface area contributed by atoms with Crippen LogP contribution in [-0.4, -0.2) is 58.3 Å². The standard InChI is InChI=1S/C23H28N4O5/c1-3-15-32-18-7-5-16(6-8-18)21-24-22(29)19(25-26-21)9-10-20(28)27-13-11-17(12-14-27)23(30)31-4-2/h3,5-8,17H,1,4,9-15H2,2H3,(H,24,26,29). The van der Waals surface area contributed by atoms with Crippen molar-refractivity contribution in [2.24, 2.45) is 5.92 Å². The molecule has 1 aliphatic heterocycles. The normalized spacial score (nSPS) is 14.1. The third kappa shape index (κ3) is 6.03. The van der Waals surface area contributed by atoms with Gasteiger partial charge in [0.25, 0.3) is 5.56 Å². The number of benzene rings is 1. The van der Waals surface area contributed by atoms with E-state index >= 15 is 0 Å². The number of rotatable bonds is 9. The van der Waals surface area contributed by atoms with Gasteiger partial charge in [0, 0.05) is 31.5 Å². The summed E-state index contributed by atoms with van der Waals surface area (Å²) in [5.41, 5.74) is 0.554. The van der Waals surface area contributed by atoms with Gasteiger partial charge in [-0.25, -0.2) is 0 Å². The summed E-state index contributed by atoms with van der Waals surface area (Å²) in [6, 6.07) is 7.11. The molecule has 0 aliphatic carbocycles. The number of esters is 1. The molecule has 32 heavy (non-hydrogen) atoms. The van der Waals surface area contributed by atoms with Gasteiger partial charge in [-0.05, 0) is 44.0 Å². The van der Waals surface area contributed by atoms with E-state index in [0.717, 1.165) is 0 Å². The molecule has 1 aromatic carbocycles. The fourth-order valence-electron chi connectivity index (χ4n) is 3.53. The number of ether oxygens (including phenoxy) is 2. The molecule has 1 N–H and O–H groups in total. The average molecular weight is 441 g/mol. The lowest BCUT2D eigenvalue weighted by Gasteiger charge is -2.30. The minimum atomic E-state index is -0.365. The van der Waals surface area contributed by atoms with Gasteiger partial charge >= 0.3 is 5.97 Å². The van der Waals surface area contributed by atoms with Crippen molar-refractivity contribution in [3.63, 3.8) is 0 Å². The van der Waals surface area contributed by atoms with E-state index in [0.29, 0.717) is 56.3 Å². The van der Waals surface area contributed by atoms with Crippen LogP contribution < -0.4 is 10.3 Å². The highest BCUT2D eigenvalue weighted by molar-refractivity contribution is 5.77. The van der Waals surface area contributed by atoms with E-state index in [1.807, 2.05) is 0 Å². The molecule has 0 radical (unpaired) electrons. The van der Waals surface area contributed by atoms with Gasteiger partial charge in [-0.3, -0.25) is 14.4 Å². The van der Waals surface area contributed by atoms with E-state index in [2.05, 4.69) is 21.8 Å². The molecule has 1 fully saturated rings. The maximum absolute atomic E-state index is 12.5. The van der Waals surface area contributed by atoms with Gasteiger partial charge in [-0.15, -0.1) is 10.2 Å². The Morgan fingerprint density at radius 2 is 1.94 bits per heavy atom. The number of carbonyl (C=O) groups is 2. The largest absolute Gasteiger partial charge is 0.490 e. The van der Waals surface area contributed by atoms with Crippen LogP contribution >= 0.6 is 0 Å². The Bertz CT molecular complexity index is 994. The summed E-state index contributed by atoms with van der Waals surface area (Å²) in [6.07, 6.45) is 3.21. The molecule has 2 heterocycles. The zero-order chi connectivity index (χ0) is 22.9. The number of aromatic nitrogens is 3. The zero-order valence-corrected chi connectivity index (χ0v) is 18.2.